The molecule has 0 aliphatic heterocycles. The maximum atomic E-state index is 5.84. The summed E-state index contributed by atoms with van der Waals surface area (Å²) in [5, 5.41) is 0. The zero-order valence-corrected chi connectivity index (χ0v) is 11.2. The number of anilines is 1. The molecule has 0 bridgehead atoms. The van der Waals surface area contributed by atoms with Crippen molar-refractivity contribution in [2.75, 3.05) is 5.73 Å². The zero-order chi connectivity index (χ0) is 10.2. The van der Waals surface area contributed by atoms with Crippen LogP contribution in [-0.2, 0) is 5.41 Å². The third-order valence-electron chi connectivity index (χ3n) is 1.92. The Morgan fingerprint density at radius 3 is 2.08 bits per heavy atom. The summed E-state index contributed by atoms with van der Waals surface area (Å²) in [5.41, 5.74) is 7.99. The van der Waals surface area contributed by atoms with E-state index in [0.717, 1.165) is 14.6 Å². The summed E-state index contributed by atoms with van der Waals surface area (Å²) in [6.07, 6.45) is 0. The number of halogens is 2. The third-order valence-corrected chi connectivity index (χ3v) is 3.96. The molecule has 0 fully saturated rings. The van der Waals surface area contributed by atoms with Gasteiger partial charge in [0.25, 0.3) is 0 Å². The van der Waals surface area contributed by atoms with Gasteiger partial charge in [0.2, 0.25) is 0 Å². The van der Waals surface area contributed by atoms with Crippen LogP contribution >= 0.6 is 31.9 Å². The van der Waals surface area contributed by atoms with Crippen LogP contribution in [0.3, 0.4) is 0 Å². The molecule has 0 aliphatic rings. The fraction of sp³-hybridized carbons (Fsp3) is 0.400. The van der Waals surface area contributed by atoms with E-state index in [2.05, 4.69) is 58.7 Å². The minimum absolute atomic E-state index is 0.136. The van der Waals surface area contributed by atoms with Crippen LogP contribution in [0.4, 0.5) is 5.69 Å². The number of benzene rings is 1. The van der Waals surface area contributed by atoms with Crippen LogP contribution in [0.5, 0.6) is 0 Å². The quantitative estimate of drug-likeness (QED) is 0.718. The number of hydrogen-bond acceptors (Lipinski definition) is 1. The van der Waals surface area contributed by atoms with Gasteiger partial charge in [-0.2, -0.15) is 0 Å². The standard InChI is InChI=1S/C10H13Br2N/c1-10(2,3)6-4-7(11)9(12)8(13)5-6/h4-5H,13H2,1-3H3. The average molecular weight is 307 g/mol. The number of rotatable bonds is 0. The summed E-state index contributed by atoms with van der Waals surface area (Å²) in [6, 6.07) is 4.11. The van der Waals surface area contributed by atoms with Crippen molar-refractivity contribution in [3.05, 3.63) is 26.6 Å². The molecule has 2 N–H and O–H groups in total. The van der Waals surface area contributed by atoms with E-state index in [4.69, 9.17) is 5.73 Å². The predicted octanol–water partition coefficient (Wildman–Crippen LogP) is 4.09. The van der Waals surface area contributed by atoms with Gasteiger partial charge in [-0.05, 0) is 55.0 Å². The van der Waals surface area contributed by atoms with Gasteiger partial charge in [-0.3, -0.25) is 0 Å². The molecule has 0 unspecified atom stereocenters. The minimum atomic E-state index is 0.136. The largest absolute Gasteiger partial charge is 0.398 e. The van der Waals surface area contributed by atoms with Gasteiger partial charge in [-0.1, -0.05) is 20.8 Å². The average Bonchev–Trinajstić information content (AvgIpc) is 1.97. The summed E-state index contributed by atoms with van der Waals surface area (Å²) in [7, 11) is 0. The molecule has 0 saturated carbocycles. The molecule has 1 aromatic rings. The zero-order valence-electron chi connectivity index (χ0n) is 7.99. The highest BCUT2D eigenvalue weighted by atomic mass is 79.9. The van der Waals surface area contributed by atoms with Crippen molar-refractivity contribution < 1.29 is 0 Å². The fourth-order valence-electron chi connectivity index (χ4n) is 1.04. The lowest BCUT2D eigenvalue weighted by molar-refractivity contribution is 0.590. The molecule has 0 heterocycles. The topological polar surface area (TPSA) is 26.0 Å². The second kappa shape index (κ2) is 3.62. The van der Waals surface area contributed by atoms with Gasteiger partial charge in [0, 0.05) is 10.2 Å². The Kier molecular flexibility index (Phi) is 3.08. The lowest BCUT2D eigenvalue weighted by atomic mass is 9.87. The predicted molar refractivity (Wildman–Crippen MR) is 65.0 cm³/mol. The van der Waals surface area contributed by atoms with Crippen LogP contribution in [-0.4, -0.2) is 0 Å². The van der Waals surface area contributed by atoms with E-state index >= 15 is 0 Å². The van der Waals surface area contributed by atoms with Crippen LogP contribution in [0.25, 0.3) is 0 Å². The second-order valence-corrected chi connectivity index (χ2v) is 5.76. The molecule has 1 rings (SSSR count). The first kappa shape index (κ1) is 11.1. The Hall–Kier alpha value is -0.0200. The highest BCUT2D eigenvalue weighted by Gasteiger charge is 2.16. The highest BCUT2D eigenvalue weighted by Crippen LogP contribution is 2.34. The van der Waals surface area contributed by atoms with E-state index in [0.29, 0.717) is 0 Å². The normalized spacial score (nSPS) is 11.8. The Bertz CT molecular complexity index is 303. The molecule has 1 nitrogen and oxygen atoms in total. The molecular weight excluding hydrogens is 294 g/mol. The lowest BCUT2D eigenvalue weighted by Gasteiger charge is -2.20. The Morgan fingerprint density at radius 1 is 1.15 bits per heavy atom. The first-order valence-corrected chi connectivity index (χ1v) is 5.66. The van der Waals surface area contributed by atoms with E-state index in [1.807, 2.05) is 6.07 Å². The van der Waals surface area contributed by atoms with Crippen molar-refractivity contribution in [3.63, 3.8) is 0 Å². The van der Waals surface area contributed by atoms with Gasteiger partial charge < -0.3 is 5.73 Å². The summed E-state index contributed by atoms with van der Waals surface area (Å²) in [6.45, 7) is 6.51. The fourth-order valence-corrected chi connectivity index (χ4v) is 1.75. The maximum absolute atomic E-state index is 5.84. The van der Waals surface area contributed by atoms with Gasteiger partial charge in [0.05, 0.1) is 4.47 Å². The van der Waals surface area contributed by atoms with E-state index in [-0.39, 0.29) is 5.41 Å². The Balaban J connectivity index is 3.29. The maximum Gasteiger partial charge on any atom is 0.0547 e. The summed E-state index contributed by atoms with van der Waals surface area (Å²) in [4.78, 5) is 0. The van der Waals surface area contributed by atoms with Gasteiger partial charge >= 0.3 is 0 Å². The van der Waals surface area contributed by atoms with Crippen LogP contribution in [0.2, 0.25) is 0 Å². The van der Waals surface area contributed by atoms with Crippen LogP contribution in [0, 0.1) is 0 Å². The lowest BCUT2D eigenvalue weighted by Crippen LogP contribution is -2.11. The van der Waals surface area contributed by atoms with Crippen LogP contribution in [0.15, 0.2) is 21.1 Å². The molecule has 0 amide bonds. The van der Waals surface area contributed by atoms with Gasteiger partial charge in [0.15, 0.2) is 0 Å². The molecule has 0 radical (unpaired) electrons. The summed E-state index contributed by atoms with van der Waals surface area (Å²) < 4.78 is 1.94. The number of hydrogen-bond donors (Lipinski definition) is 1. The smallest absolute Gasteiger partial charge is 0.0547 e. The molecule has 0 aliphatic carbocycles. The van der Waals surface area contributed by atoms with Gasteiger partial charge in [-0.25, -0.2) is 0 Å². The molecule has 3 heteroatoms. The second-order valence-electron chi connectivity index (χ2n) is 4.11. The number of nitrogens with two attached hydrogens (primary N) is 1. The molecule has 1 aromatic carbocycles. The Morgan fingerprint density at radius 2 is 1.69 bits per heavy atom. The first-order valence-electron chi connectivity index (χ1n) is 4.07. The minimum Gasteiger partial charge on any atom is -0.398 e. The summed E-state index contributed by atoms with van der Waals surface area (Å²) >= 11 is 6.87. The number of nitrogen functional groups attached to an aromatic ring is 1. The van der Waals surface area contributed by atoms with Crippen molar-refractivity contribution in [3.8, 4) is 0 Å². The first-order chi connectivity index (χ1) is 5.82. The molecule has 0 spiro atoms. The van der Waals surface area contributed by atoms with E-state index < -0.39 is 0 Å². The molecular formula is C10H13Br2N. The molecule has 0 atom stereocenters. The van der Waals surface area contributed by atoms with E-state index in [1.54, 1.807) is 0 Å². The third kappa shape index (κ3) is 2.47. The van der Waals surface area contributed by atoms with Crippen molar-refractivity contribution in [2.24, 2.45) is 0 Å². The van der Waals surface area contributed by atoms with Crippen molar-refractivity contribution in [1.29, 1.82) is 0 Å². The Labute approximate surface area is 96.0 Å². The van der Waals surface area contributed by atoms with E-state index in [1.165, 1.54) is 5.56 Å². The van der Waals surface area contributed by atoms with Crippen molar-refractivity contribution in [1.82, 2.24) is 0 Å². The molecule has 0 saturated heterocycles. The monoisotopic (exact) mass is 305 g/mol. The van der Waals surface area contributed by atoms with Crippen LogP contribution < -0.4 is 5.73 Å². The molecule has 13 heavy (non-hydrogen) atoms. The SMILES string of the molecule is CC(C)(C)c1cc(N)c(Br)c(Br)c1. The van der Waals surface area contributed by atoms with Gasteiger partial charge in [-0.15, -0.1) is 0 Å². The highest BCUT2D eigenvalue weighted by molar-refractivity contribution is 9.13. The molecule has 72 valence electrons. The van der Waals surface area contributed by atoms with Crippen molar-refractivity contribution in [2.45, 2.75) is 26.2 Å². The van der Waals surface area contributed by atoms with Gasteiger partial charge in [0.1, 0.15) is 0 Å². The van der Waals surface area contributed by atoms with Crippen LogP contribution in [0.1, 0.15) is 26.3 Å². The van der Waals surface area contributed by atoms with E-state index in [9.17, 15) is 0 Å². The molecule has 0 aromatic heterocycles. The summed E-state index contributed by atoms with van der Waals surface area (Å²) in [5.74, 6) is 0. The van der Waals surface area contributed by atoms with Crippen molar-refractivity contribution >= 4 is 37.5 Å².